The molecule has 2 saturated heterocycles. The number of halogens is 2. The lowest BCUT2D eigenvalue weighted by atomic mass is 9.88. The van der Waals surface area contributed by atoms with Crippen molar-refractivity contribution in [2.24, 2.45) is 5.92 Å². The van der Waals surface area contributed by atoms with E-state index < -0.39 is 0 Å². The Hall–Kier alpha value is -0.770. The van der Waals surface area contributed by atoms with Crippen molar-refractivity contribution in [1.29, 1.82) is 0 Å². The predicted molar refractivity (Wildman–Crippen MR) is 78.9 cm³/mol. The lowest BCUT2D eigenvalue weighted by molar-refractivity contribution is -0.136. The third-order valence-electron chi connectivity index (χ3n) is 4.22. The van der Waals surface area contributed by atoms with Gasteiger partial charge in [0.05, 0.1) is 18.1 Å². The zero-order valence-corrected chi connectivity index (χ0v) is 12.8. The number of rotatable bonds is 3. The van der Waals surface area contributed by atoms with Crippen molar-refractivity contribution in [3.8, 4) is 0 Å². The third-order valence-corrected chi connectivity index (χ3v) is 4.81. The van der Waals surface area contributed by atoms with Gasteiger partial charge >= 0.3 is 0 Å². The Morgan fingerprint density at radius 3 is 2.80 bits per heavy atom. The third kappa shape index (κ3) is 2.67. The number of hydrogen-bond acceptors (Lipinski definition) is 2. The fourth-order valence-corrected chi connectivity index (χ4v) is 3.63. The van der Waals surface area contributed by atoms with Crippen LogP contribution >= 0.6 is 23.2 Å². The summed E-state index contributed by atoms with van der Waals surface area (Å²) in [6, 6.07) is 5.37. The van der Waals surface area contributed by atoms with E-state index in [9.17, 15) is 4.79 Å². The second kappa shape index (κ2) is 5.55. The van der Waals surface area contributed by atoms with Gasteiger partial charge in [-0.15, -0.1) is 0 Å². The summed E-state index contributed by atoms with van der Waals surface area (Å²) >= 11 is 12.0. The summed E-state index contributed by atoms with van der Waals surface area (Å²) in [7, 11) is 1.82. The van der Waals surface area contributed by atoms with Crippen molar-refractivity contribution in [1.82, 2.24) is 4.90 Å². The maximum Gasteiger partial charge on any atom is 0.228 e. The number of hydrogen-bond donors (Lipinski definition) is 0. The van der Waals surface area contributed by atoms with Crippen LogP contribution in [0.3, 0.4) is 0 Å². The first-order valence-corrected chi connectivity index (χ1v) is 7.64. The molecule has 1 aromatic carbocycles. The SMILES string of the molecule is CN(Cc1ccc(Cl)cc1Cl)C(=O)[C@H]1C[C@H]2CC[C@H]1O2. The van der Waals surface area contributed by atoms with Gasteiger partial charge in [0.2, 0.25) is 5.91 Å². The second-order valence-corrected chi connectivity index (χ2v) is 6.49. The topological polar surface area (TPSA) is 29.5 Å². The van der Waals surface area contributed by atoms with Crippen LogP contribution in [0.25, 0.3) is 0 Å². The average Bonchev–Trinajstić information content (AvgIpc) is 3.03. The fourth-order valence-electron chi connectivity index (χ4n) is 3.16. The summed E-state index contributed by atoms with van der Waals surface area (Å²) in [4.78, 5) is 14.2. The summed E-state index contributed by atoms with van der Waals surface area (Å²) in [6.07, 6.45) is 3.39. The van der Waals surface area contributed by atoms with Crippen LogP contribution in [0, 0.1) is 5.92 Å². The normalized spacial score (nSPS) is 27.9. The van der Waals surface area contributed by atoms with Crippen LogP contribution in [0.2, 0.25) is 10.0 Å². The van der Waals surface area contributed by atoms with E-state index in [-0.39, 0.29) is 17.9 Å². The first-order chi connectivity index (χ1) is 9.54. The van der Waals surface area contributed by atoms with Gasteiger partial charge < -0.3 is 9.64 Å². The van der Waals surface area contributed by atoms with Crippen molar-refractivity contribution in [2.45, 2.75) is 38.0 Å². The molecule has 2 bridgehead atoms. The van der Waals surface area contributed by atoms with Crippen LogP contribution in [0.5, 0.6) is 0 Å². The monoisotopic (exact) mass is 313 g/mol. The van der Waals surface area contributed by atoms with Crippen molar-refractivity contribution in [3.05, 3.63) is 33.8 Å². The lowest BCUT2D eigenvalue weighted by Gasteiger charge is -2.25. The molecule has 0 aromatic heterocycles. The van der Waals surface area contributed by atoms with Gasteiger partial charge in [-0.1, -0.05) is 29.3 Å². The van der Waals surface area contributed by atoms with E-state index in [4.69, 9.17) is 27.9 Å². The summed E-state index contributed by atoms with van der Waals surface area (Å²) in [5, 5.41) is 1.20. The number of amides is 1. The highest BCUT2D eigenvalue weighted by atomic mass is 35.5. The molecule has 20 heavy (non-hydrogen) atoms. The molecule has 0 saturated carbocycles. The van der Waals surface area contributed by atoms with Crippen molar-refractivity contribution in [2.75, 3.05) is 7.05 Å². The van der Waals surface area contributed by atoms with Crippen LogP contribution in [-0.4, -0.2) is 30.1 Å². The summed E-state index contributed by atoms with van der Waals surface area (Å²) in [5.74, 6) is 0.174. The molecule has 0 unspecified atom stereocenters. The number of carbonyl (C=O) groups is 1. The standard InChI is InChI=1S/C15H17Cl2NO2/c1-18(8-9-2-3-10(16)6-13(9)17)15(19)12-7-11-4-5-14(12)20-11/h2-3,6,11-12,14H,4-5,7-8H2,1H3/t11-,12+,14-/m1/s1. The van der Waals surface area contributed by atoms with Gasteiger partial charge in [0.25, 0.3) is 0 Å². The molecular weight excluding hydrogens is 297 g/mol. The first kappa shape index (κ1) is 14.2. The molecule has 0 N–H and O–H groups in total. The Labute approximate surface area is 128 Å². The molecule has 108 valence electrons. The van der Waals surface area contributed by atoms with Crippen LogP contribution in [0.4, 0.5) is 0 Å². The number of nitrogens with zero attached hydrogens (tertiary/aromatic N) is 1. The Balaban J connectivity index is 1.66. The van der Waals surface area contributed by atoms with Gasteiger partial charge in [-0.2, -0.15) is 0 Å². The predicted octanol–water partition coefficient (Wildman–Crippen LogP) is 3.52. The van der Waals surface area contributed by atoms with E-state index in [0.717, 1.165) is 24.8 Å². The summed E-state index contributed by atoms with van der Waals surface area (Å²) in [5.41, 5.74) is 0.913. The molecule has 2 fully saturated rings. The number of carbonyl (C=O) groups excluding carboxylic acids is 1. The molecular formula is C15H17Cl2NO2. The minimum Gasteiger partial charge on any atom is -0.374 e. The highest BCUT2D eigenvalue weighted by Crippen LogP contribution is 2.39. The second-order valence-electron chi connectivity index (χ2n) is 5.65. The fraction of sp³-hybridized carbons (Fsp3) is 0.533. The molecule has 5 heteroatoms. The molecule has 1 amide bonds. The molecule has 2 aliphatic heterocycles. The molecule has 2 aliphatic rings. The number of benzene rings is 1. The van der Waals surface area contributed by atoms with Crippen LogP contribution in [-0.2, 0) is 16.1 Å². The molecule has 3 nitrogen and oxygen atoms in total. The molecule has 0 spiro atoms. The molecule has 0 aliphatic carbocycles. The van der Waals surface area contributed by atoms with Crippen LogP contribution in [0.15, 0.2) is 18.2 Å². The molecule has 2 heterocycles. The van der Waals surface area contributed by atoms with Crippen molar-refractivity contribution in [3.63, 3.8) is 0 Å². The van der Waals surface area contributed by atoms with E-state index in [2.05, 4.69) is 0 Å². The van der Waals surface area contributed by atoms with Crippen LogP contribution < -0.4 is 0 Å². The smallest absolute Gasteiger partial charge is 0.228 e. The number of ether oxygens (including phenoxy) is 1. The zero-order chi connectivity index (χ0) is 14.3. The van der Waals surface area contributed by atoms with Gasteiger partial charge in [0.15, 0.2) is 0 Å². The largest absolute Gasteiger partial charge is 0.374 e. The zero-order valence-electron chi connectivity index (χ0n) is 11.3. The summed E-state index contributed by atoms with van der Waals surface area (Å²) in [6.45, 7) is 0.503. The molecule has 3 rings (SSSR count). The minimum atomic E-state index is 0.0184. The molecule has 0 radical (unpaired) electrons. The Bertz CT molecular complexity index is 535. The molecule has 1 aromatic rings. The van der Waals surface area contributed by atoms with Crippen LogP contribution in [0.1, 0.15) is 24.8 Å². The molecule has 3 atom stereocenters. The first-order valence-electron chi connectivity index (χ1n) is 6.89. The summed E-state index contributed by atoms with van der Waals surface area (Å²) < 4.78 is 5.75. The Morgan fingerprint density at radius 2 is 2.20 bits per heavy atom. The van der Waals surface area contributed by atoms with E-state index in [1.54, 1.807) is 17.0 Å². The van der Waals surface area contributed by atoms with Gasteiger partial charge in [-0.25, -0.2) is 0 Å². The lowest BCUT2D eigenvalue weighted by Crippen LogP contribution is -2.37. The van der Waals surface area contributed by atoms with Gasteiger partial charge in [0.1, 0.15) is 0 Å². The number of fused-ring (bicyclic) bond motifs is 2. The van der Waals surface area contributed by atoms with Gasteiger partial charge in [-0.3, -0.25) is 4.79 Å². The minimum absolute atomic E-state index is 0.0184. The van der Waals surface area contributed by atoms with Crippen molar-refractivity contribution >= 4 is 29.1 Å². The van der Waals surface area contributed by atoms with Gasteiger partial charge in [-0.05, 0) is 37.0 Å². The van der Waals surface area contributed by atoms with E-state index in [1.807, 2.05) is 13.1 Å². The van der Waals surface area contributed by atoms with E-state index >= 15 is 0 Å². The maximum absolute atomic E-state index is 12.5. The maximum atomic E-state index is 12.5. The van der Waals surface area contributed by atoms with E-state index in [1.165, 1.54) is 0 Å². The van der Waals surface area contributed by atoms with E-state index in [0.29, 0.717) is 22.7 Å². The van der Waals surface area contributed by atoms with Crippen molar-refractivity contribution < 1.29 is 9.53 Å². The average molecular weight is 314 g/mol. The highest BCUT2D eigenvalue weighted by Gasteiger charge is 2.45. The highest BCUT2D eigenvalue weighted by molar-refractivity contribution is 6.35. The Morgan fingerprint density at radius 1 is 1.40 bits per heavy atom. The quantitative estimate of drug-likeness (QED) is 0.854. The Kier molecular flexibility index (Phi) is 3.93. The van der Waals surface area contributed by atoms with Gasteiger partial charge in [0, 0.05) is 23.6 Å².